The van der Waals surface area contributed by atoms with Gasteiger partial charge in [0.2, 0.25) is 5.96 Å². The third-order valence-corrected chi connectivity index (χ3v) is 5.62. The number of carbonyl (C=O) groups excluding carboxylic acids is 1. The summed E-state index contributed by atoms with van der Waals surface area (Å²) in [5, 5.41) is 7.78. The van der Waals surface area contributed by atoms with E-state index in [-0.39, 0.29) is 5.91 Å². The maximum absolute atomic E-state index is 12.3. The van der Waals surface area contributed by atoms with Crippen LogP contribution in [0.2, 0.25) is 0 Å². The lowest BCUT2D eigenvalue weighted by Crippen LogP contribution is -2.37. The molecule has 5 rings (SSSR count). The molecule has 0 radical (unpaired) electrons. The number of amides is 1. The van der Waals surface area contributed by atoms with Crippen LogP contribution in [-0.2, 0) is 4.79 Å². The zero-order valence-electron chi connectivity index (χ0n) is 15.3. The highest BCUT2D eigenvalue weighted by Crippen LogP contribution is 2.32. The molecule has 1 aliphatic heterocycles. The van der Waals surface area contributed by atoms with E-state index in [1.807, 2.05) is 18.5 Å². The van der Waals surface area contributed by atoms with Crippen LogP contribution >= 0.6 is 11.6 Å². The van der Waals surface area contributed by atoms with Gasteiger partial charge in [-0.3, -0.25) is 10.1 Å². The van der Waals surface area contributed by atoms with Crippen molar-refractivity contribution in [1.82, 2.24) is 20.6 Å². The van der Waals surface area contributed by atoms with Gasteiger partial charge < -0.3 is 10.3 Å². The molecule has 7 heteroatoms. The molecule has 1 amide bonds. The summed E-state index contributed by atoms with van der Waals surface area (Å²) in [6.07, 6.45) is 13.9. The van der Waals surface area contributed by atoms with Crippen LogP contribution in [0.4, 0.5) is 0 Å². The Bertz CT molecular complexity index is 1090. The van der Waals surface area contributed by atoms with E-state index in [0.717, 1.165) is 52.2 Å². The monoisotopic (exact) mass is 393 g/mol. The lowest BCUT2D eigenvalue weighted by Gasteiger charge is -2.10. The number of carbonyl (C=O) groups is 1. The standard InChI is InChI=1S/C21H20ClN5O/c22-17-4-2-1-3-15(17)13-7-16-14(11-24-19(16)23-10-13)8-18-20(28)27-21(26-18)25-9-12-5-6-12/h1,3,7-8,10-12H,2,4-6,9H2,(H,23,24)(H2,25,26,27,28)/b18-8-. The summed E-state index contributed by atoms with van der Waals surface area (Å²) in [5.41, 5.74) is 4.00. The molecule has 6 nitrogen and oxygen atoms in total. The van der Waals surface area contributed by atoms with Gasteiger partial charge in [-0.1, -0.05) is 23.8 Å². The number of aliphatic imine (C=N–C) groups is 1. The highest BCUT2D eigenvalue weighted by atomic mass is 35.5. The first-order chi connectivity index (χ1) is 13.7. The fourth-order valence-electron chi connectivity index (χ4n) is 3.44. The lowest BCUT2D eigenvalue weighted by molar-refractivity contribution is -0.115. The normalized spacial score (nSPS) is 20.8. The van der Waals surface area contributed by atoms with Gasteiger partial charge in [-0.15, -0.1) is 0 Å². The molecule has 0 aromatic carbocycles. The van der Waals surface area contributed by atoms with Crippen molar-refractivity contribution in [2.75, 3.05) is 6.54 Å². The minimum Gasteiger partial charge on any atom is -0.355 e. The quantitative estimate of drug-likeness (QED) is 0.693. The summed E-state index contributed by atoms with van der Waals surface area (Å²) in [6, 6.07) is 2.06. The molecule has 0 unspecified atom stereocenters. The van der Waals surface area contributed by atoms with E-state index in [4.69, 9.17) is 11.6 Å². The molecule has 28 heavy (non-hydrogen) atoms. The van der Waals surface area contributed by atoms with Crippen molar-refractivity contribution in [3.63, 3.8) is 0 Å². The van der Waals surface area contributed by atoms with Crippen LogP contribution in [0.5, 0.6) is 0 Å². The van der Waals surface area contributed by atoms with Crippen LogP contribution in [0.1, 0.15) is 36.8 Å². The molecular formula is C21H20ClN5O. The fourth-order valence-corrected chi connectivity index (χ4v) is 3.72. The Balaban J connectivity index is 1.47. The molecular weight excluding hydrogens is 374 g/mol. The van der Waals surface area contributed by atoms with Gasteiger partial charge in [0.25, 0.3) is 5.91 Å². The molecule has 2 aromatic rings. The molecule has 1 fully saturated rings. The van der Waals surface area contributed by atoms with E-state index >= 15 is 0 Å². The average molecular weight is 394 g/mol. The van der Waals surface area contributed by atoms with Crippen molar-refractivity contribution in [2.24, 2.45) is 10.9 Å². The predicted molar refractivity (Wildman–Crippen MR) is 112 cm³/mol. The number of halogens is 1. The van der Waals surface area contributed by atoms with E-state index in [1.165, 1.54) is 12.8 Å². The molecule has 0 bridgehead atoms. The summed E-state index contributed by atoms with van der Waals surface area (Å²) in [4.78, 5) is 24.4. The number of H-pyrrole nitrogens is 1. The maximum Gasteiger partial charge on any atom is 0.276 e. The Labute approximate surface area is 167 Å². The summed E-state index contributed by atoms with van der Waals surface area (Å²) >= 11 is 6.41. The van der Waals surface area contributed by atoms with Gasteiger partial charge in [0.15, 0.2) is 0 Å². The average Bonchev–Trinajstić information content (AvgIpc) is 3.36. The minimum atomic E-state index is -0.197. The Hall–Kier alpha value is -2.86. The van der Waals surface area contributed by atoms with Crippen LogP contribution in [0.3, 0.4) is 0 Å². The summed E-state index contributed by atoms with van der Waals surface area (Å²) in [5.74, 6) is 1.05. The minimum absolute atomic E-state index is 0.197. The van der Waals surface area contributed by atoms with E-state index in [1.54, 1.807) is 6.08 Å². The number of pyridine rings is 1. The van der Waals surface area contributed by atoms with Crippen LogP contribution in [0.25, 0.3) is 22.7 Å². The molecule has 0 atom stereocenters. The number of guanidine groups is 1. The number of aromatic nitrogens is 2. The first kappa shape index (κ1) is 17.3. The highest BCUT2D eigenvalue weighted by molar-refractivity contribution is 6.33. The number of hydrogen-bond acceptors (Lipinski definition) is 4. The van der Waals surface area contributed by atoms with Gasteiger partial charge in [-0.05, 0) is 49.3 Å². The molecule has 3 heterocycles. The van der Waals surface area contributed by atoms with Crippen molar-refractivity contribution in [1.29, 1.82) is 0 Å². The molecule has 0 saturated heterocycles. The first-order valence-electron chi connectivity index (χ1n) is 9.55. The number of nitrogens with zero attached hydrogens (tertiary/aromatic N) is 2. The van der Waals surface area contributed by atoms with Gasteiger partial charge in [0.1, 0.15) is 11.3 Å². The van der Waals surface area contributed by atoms with Gasteiger partial charge >= 0.3 is 0 Å². The zero-order chi connectivity index (χ0) is 19.1. The fraction of sp³-hybridized carbons (Fsp3) is 0.286. The molecule has 0 spiro atoms. The third kappa shape index (κ3) is 3.36. The zero-order valence-corrected chi connectivity index (χ0v) is 16.0. The molecule has 3 aliphatic rings. The van der Waals surface area contributed by atoms with Crippen molar-refractivity contribution < 1.29 is 4.79 Å². The van der Waals surface area contributed by atoms with Gasteiger partial charge in [-0.2, -0.15) is 0 Å². The van der Waals surface area contributed by atoms with Gasteiger partial charge in [0.05, 0.1) is 0 Å². The smallest absolute Gasteiger partial charge is 0.276 e. The van der Waals surface area contributed by atoms with Crippen molar-refractivity contribution in [3.8, 4) is 0 Å². The maximum atomic E-state index is 12.3. The van der Waals surface area contributed by atoms with E-state index in [9.17, 15) is 4.79 Å². The largest absolute Gasteiger partial charge is 0.355 e. The lowest BCUT2D eigenvalue weighted by atomic mass is 9.99. The van der Waals surface area contributed by atoms with Crippen molar-refractivity contribution in [3.05, 3.63) is 52.5 Å². The second-order valence-corrected chi connectivity index (χ2v) is 7.85. The number of aromatic amines is 1. The van der Waals surface area contributed by atoms with E-state index in [2.05, 4.69) is 37.7 Å². The number of hydrogen-bond donors (Lipinski definition) is 3. The van der Waals surface area contributed by atoms with Crippen molar-refractivity contribution in [2.45, 2.75) is 25.7 Å². The summed E-state index contributed by atoms with van der Waals surface area (Å²) in [7, 11) is 0. The SMILES string of the molecule is O=C1NC(NCC2CC2)=N/C1=C\c1c[nH]c2ncc(C3=C(Cl)CCC=C3)cc12. The molecule has 2 aromatic heterocycles. The van der Waals surface area contributed by atoms with E-state index in [0.29, 0.717) is 17.6 Å². The third-order valence-electron chi connectivity index (χ3n) is 5.23. The van der Waals surface area contributed by atoms with Gasteiger partial charge in [0, 0.05) is 40.5 Å². The van der Waals surface area contributed by atoms with Crippen LogP contribution < -0.4 is 10.6 Å². The Morgan fingerprint density at radius 2 is 2.25 bits per heavy atom. The number of rotatable bonds is 4. The highest BCUT2D eigenvalue weighted by Gasteiger charge is 2.25. The molecule has 2 aliphatic carbocycles. The first-order valence-corrected chi connectivity index (χ1v) is 9.93. The van der Waals surface area contributed by atoms with Crippen LogP contribution in [-0.4, -0.2) is 28.4 Å². The van der Waals surface area contributed by atoms with Crippen LogP contribution in [0.15, 0.2) is 46.3 Å². The predicted octanol–water partition coefficient (Wildman–Crippen LogP) is 3.69. The van der Waals surface area contributed by atoms with E-state index < -0.39 is 0 Å². The molecule has 142 valence electrons. The molecule has 3 N–H and O–H groups in total. The second kappa shape index (κ2) is 6.95. The van der Waals surface area contributed by atoms with Crippen LogP contribution in [0, 0.1) is 5.92 Å². The summed E-state index contributed by atoms with van der Waals surface area (Å²) in [6.45, 7) is 0.857. The Morgan fingerprint density at radius 1 is 1.36 bits per heavy atom. The Kier molecular flexibility index (Phi) is 4.28. The van der Waals surface area contributed by atoms with Crippen molar-refractivity contribution >= 4 is 46.2 Å². The molecule has 1 saturated carbocycles. The number of nitrogens with one attached hydrogen (secondary N) is 3. The second-order valence-electron chi connectivity index (χ2n) is 7.39. The Morgan fingerprint density at radius 3 is 3.07 bits per heavy atom. The van der Waals surface area contributed by atoms with Gasteiger partial charge in [-0.25, -0.2) is 9.98 Å². The topological polar surface area (TPSA) is 82.2 Å². The number of fused-ring (bicyclic) bond motifs is 1. The number of allylic oxidation sites excluding steroid dienone is 4. The summed E-state index contributed by atoms with van der Waals surface area (Å²) < 4.78 is 0.